The molecule has 2 aromatic carbocycles. The summed E-state index contributed by atoms with van der Waals surface area (Å²) in [7, 11) is -7.66. The lowest BCUT2D eigenvalue weighted by atomic mass is 10.3. The predicted molar refractivity (Wildman–Crippen MR) is 104 cm³/mol. The first-order chi connectivity index (χ1) is 13.5. The zero-order valence-corrected chi connectivity index (χ0v) is 16.6. The number of H-pyrrole nitrogens is 1. The molecule has 5 N–H and O–H groups in total. The Labute approximate surface area is 165 Å². The van der Waals surface area contributed by atoms with Crippen LogP contribution in [0.15, 0.2) is 73.3 Å². The summed E-state index contributed by atoms with van der Waals surface area (Å²) in [6.07, 6.45) is 0. The van der Waals surface area contributed by atoms with Gasteiger partial charge in [0.25, 0.3) is 5.56 Å². The van der Waals surface area contributed by atoms with Gasteiger partial charge in [-0.3, -0.25) is 9.89 Å². The van der Waals surface area contributed by atoms with Crippen molar-refractivity contribution >= 4 is 31.4 Å². The first-order valence-electron chi connectivity index (χ1n) is 7.96. The number of hydrogen-bond donors (Lipinski definition) is 3. The number of sulfonamides is 2. The Morgan fingerprint density at radius 1 is 0.828 bits per heavy atom. The quantitative estimate of drug-likeness (QED) is 0.506. The standard InChI is InChI=1S/C16H16N6O5S2/c1-10-15(20-19-11-2-6-13(7-3-11)28(17,24)25)16(23)22(21-10)12-4-8-14(9-5-12)29(18,26)27/h2-9,21H,1H3,(H2,17,24,25)(H2,18,26,27). The van der Waals surface area contributed by atoms with Crippen LogP contribution in [0.5, 0.6) is 0 Å². The van der Waals surface area contributed by atoms with Crippen molar-refractivity contribution in [2.45, 2.75) is 16.7 Å². The maximum Gasteiger partial charge on any atom is 0.299 e. The van der Waals surface area contributed by atoms with Gasteiger partial charge in [0.15, 0.2) is 5.69 Å². The minimum Gasteiger partial charge on any atom is -0.293 e. The van der Waals surface area contributed by atoms with Crippen LogP contribution in [0.3, 0.4) is 0 Å². The molecular weight excluding hydrogens is 420 g/mol. The third kappa shape index (κ3) is 4.48. The second-order valence-corrected chi connectivity index (χ2v) is 9.13. The molecule has 0 aliphatic carbocycles. The Morgan fingerprint density at radius 3 is 1.79 bits per heavy atom. The summed E-state index contributed by atoms with van der Waals surface area (Å²) in [4.78, 5) is 12.5. The zero-order valence-electron chi connectivity index (χ0n) is 15.0. The van der Waals surface area contributed by atoms with E-state index in [4.69, 9.17) is 10.3 Å². The molecule has 0 atom stereocenters. The lowest BCUT2D eigenvalue weighted by Crippen LogP contribution is -2.15. The number of rotatable bonds is 5. The summed E-state index contributed by atoms with van der Waals surface area (Å²) in [6.45, 7) is 1.62. The zero-order chi connectivity index (χ0) is 21.4. The van der Waals surface area contributed by atoms with E-state index in [-0.39, 0.29) is 15.5 Å². The SMILES string of the molecule is Cc1[nH]n(-c2ccc(S(N)(=O)=O)cc2)c(=O)c1N=Nc1ccc(S(N)(=O)=O)cc1. The number of azo groups is 1. The molecule has 3 aromatic rings. The third-order valence-electron chi connectivity index (χ3n) is 3.89. The molecule has 0 saturated heterocycles. The number of hydrogen-bond acceptors (Lipinski definition) is 7. The molecule has 0 amide bonds. The molecule has 0 aliphatic heterocycles. The Morgan fingerprint density at radius 2 is 1.31 bits per heavy atom. The number of nitrogens with two attached hydrogens (primary N) is 2. The van der Waals surface area contributed by atoms with Crippen molar-refractivity contribution in [2.24, 2.45) is 20.5 Å². The van der Waals surface area contributed by atoms with Crippen molar-refractivity contribution in [3.63, 3.8) is 0 Å². The summed E-state index contributed by atoms with van der Waals surface area (Å²) in [6, 6.07) is 10.8. The monoisotopic (exact) mass is 436 g/mol. The average molecular weight is 436 g/mol. The van der Waals surface area contributed by atoms with Gasteiger partial charge < -0.3 is 0 Å². The highest BCUT2D eigenvalue weighted by Crippen LogP contribution is 2.20. The van der Waals surface area contributed by atoms with Crippen LogP contribution in [0.4, 0.5) is 11.4 Å². The van der Waals surface area contributed by atoms with Gasteiger partial charge in [-0.2, -0.15) is 5.11 Å². The molecule has 29 heavy (non-hydrogen) atoms. The van der Waals surface area contributed by atoms with E-state index in [1.807, 2.05) is 0 Å². The van der Waals surface area contributed by atoms with Crippen LogP contribution < -0.4 is 15.8 Å². The van der Waals surface area contributed by atoms with E-state index in [0.29, 0.717) is 17.1 Å². The van der Waals surface area contributed by atoms with Crippen molar-refractivity contribution in [3.05, 3.63) is 64.6 Å². The van der Waals surface area contributed by atoms with Gasteiger partial charge in [-0.15, -0.1) is 5.11 Å². The molecule has 1 heterocycles. The number of primary sulfonamides is 2. The molecule has 0 saturated carbocycles. The molecule has 0 radical (unpaired) electrons. The van der Waals surface area contributed by atoms with E-state index in [1.54, 1.807) is 6.92 Å². The maximum absolute atomic E-state index is 12.6. The highest BCUT2D eigenvalue weighted by molar-refractivity contribution is 7.89. The molecule has 13 heteroatoms. The third-order valence-corrected chi connectivity index (χ3v) is 5.75. The molecule has 152 valence electrons. The first kappa shape index (κ1) is 20.6. The number of nitrogens with one attached hydrogen (secondary N) is 1. The van der Waals surface area contributed by atoms with Gasteiger partial charge in [-0.05, 0) is 55.5 Å². The molecule has 0 fully saturated rings. The van der Waals surface area contributed by atoms with Crippen LogP contribution in [0.1, 0.15) is 5.69 Å². The summed E-state index contributed by atoms with van der Waals surface area (Å²) >= 11 is 0. The van der Waals surface area contributed by atoms with Crippen molar-refractivity contribution < 1.29 is 16.8 Å². The topological polar surface area (TPSA) is 183 Å². The van der Waals surface area contributed by atoms with E-state index >= 15 is 0 Å². The van der Waals surface area contributed by atoms with Gasteiger partial charge in [0, 0.05) is 0 Å². The summed E-state index contributed by atoms with van der Waals surface area (Å²) in [5.41, 5.74) is 0.660. The largest absolute Gasteiger partial charge is 0.299 e. The van der Waals surface area contributed by atoms with E-state index in [1.165, 1.54) is 53.2 Å². The fraction of sp³-hybridized carbons (Fsp3) is 0.0625. The van der Waals surface area contributed by atoms with Crippen LogP contribution in [0.2, 0.25) is 0 Å². The molecule has 11 nitrogen and oxygen atoms in total. The smallest absolute Gasteiger partial charge is 0.293 e. The van der Waals surface area contributed by atoms with Crippen LogP contribution in [0, 0.1) is 6.92 Å². The fourth-order valence-electron chi connectivity index (χ4n) is 2.43. The lowest BCUT2D eigenvalue weighted by Gasteiger charge is -2.02. The van der Waals surface area contributed by atoms with E-state index in [9.17, 15) is 21.6 Å². The molecule has 0 aliphatic rings. The summed E-state index contributed by atoms with van der Waals surface area (Å²) in [5, 5.41) is 20.8. The van der Waals surface area contributed by atoms with Crippen molar-refractivity contribution in [3.8, 4) is 5.69 Å². The van der Waals surface area contributed by atoms with Gasteiger partial charge >= 0.3 is 0 Å². The Bertz CT molecular complexity index is 1350. The Kier molecular flexibility index (Phi) is 5.23. The molecule has 1 aromatic heterocycles. The van der Waals surface area contributed by atoms with Gasteiger partial charge in [-0.25, -0.2) is 31.8 Å². The molecular formula is C16H16N6O5S2. The first-order valence-corrected chi connectivity index (χ1v) is 11.1. The van der Waals surface area contributed by atoms with Gasteiger partial charge in [0.05, 0.1) is 26.9 Å². The molecule has 0 bridgehead atoms. The van der Waals surface area contributed by atoms with Crippen LogP contribution in [-0.4, -0.2) is 26.6 Å². The fourth-order valence-corrected chi connectivity index (χ4v) is 3.46. The minimum atomic E-state index is -3.84. The highest BCUT2D eigenvalue weighted by Gasteiger charge is 2.14. The van der Waals surface area contributed by atoms with Gasteiger partial charge in [0.1, 0.15) is 0 Å². The number of aromatic amines is 1. The number of benzene rings is 2. The van der Waals surface area contributed by atoms with Gasteiger partial charge in [-0.1, -0.05) is 0 Å². The van der Waals surface area contributed by atoms with Gasteiger partial charge in [0.2, 0.25) is 20.0 Å². The van der Waals surface area contributed by atoms with Crippen molar-refractivity contribution in [1.82, 2.24) is 9.78 Å². The Hall–Kier alpha value is -3.13. The van der Waals surface area contributed by atoms with Crippen LogP contribution in [-0.2, 0) is 20.0 Å². The van der Waals surface area contributed by atoms with E-state index in [0.717, 1.165) is 0 Å². The van der Waals surface area contributed by atoms with Crippen LogP contribution >= 0.6 is 0 Å². The normalized spacial score (nSPS) is 12.5. The second-order valence-electron chi connectivity index (χ2n) is 6.00. The Balaban J connectivity index is 1.92. The number of aryl methyl sites for hydroxylation is 1. The van der Waals surface area contributed by atoms with E-state index < -0.39 is 25.6 Å². The summed E-state index contributed by atoms with van der Waals surface area (Å²) < 4.78 is 46.4. The number of nitrogens with zero attached hydrogens (tertiary/aromatic N) is 3. The average Bonchev–Trinajstić information content (AvgIpc) is 2.93. The molecule has 0 unspecified atom stereocenters. The minimum absolute atomic E-state index is 0.0380. The number of aromatic nitrogens is 2. The lowest BCUT2D eigenvalue weighted by molar-refractivity contribution is 0.596. The van der Waals surface area contributed by atoms with Crippen molar-refractivity contribution in [1.29, 1.82) is 0 Å². The summed E-state index contributed by atoms with van der Waals surface area (Å²) in [5.74, 6) is 0. The van der Waals surface area contributed by atoms with E-state index in [2.05, 4.69) is 15.3 Å². The molecule has 0 spiro atoms. The van der Waals surface area contributed by atoms with Crippen molar-refractivity contribution in [2.75, 3.05) is 0 Å². The highest BCUT2D eigenvalue weighted by atomic mass is 32.2. The second kappa shape index (κ2) is 7.36. The molecule has 3 rings (SSSR count). The van der Waals surface area contributed by atoms with Crippen LogP contribution in [0.25, 0.3) is 5.69 Å². The predicted octanol–water partition coefficient (Wildman–Crippen LogP) is 1.18. The maximum atomic E-state index is 12.6.